The minimum Gasteiger partial charge on any atom is -0.343 e. The smallest absolute Gasteiger partial charge is 0.126 e. The van der Waals surface area contributed by atoms with E-state index in [2.05, 4.69) is 66.9 Å². The van der Waals surface area contributed by atoms with Crippen molar-refractivity contribution in [1.29, 1.82) is 0 Å². The maximum atomic E-state index is 4.84. The zero-order valence-electron chi connectivity index (χ0n) is 14.8. The maximum Gasteiger partial charge on any atom is 0.126 e. The molecule has 0 spiro atoms. The fourth-order valence-corrected chi connectivity index (χ4v) is 3.61. The van der Waals surface area contributed by atoms with E-state index in [0.29, 0.717) is 0 Å². The number of fused-ring (bicyclic) bond motifs is 1. The molecular weight excluding hydrogens is 306 g/mol. The zero-order chi connectivity index (χ0) is 17.4. The molecule has 0 radical (unpaired) electrons. The van der Waals surface area contributed by atoms with Crippen LogP contribution in [0.4, 0.5) is 0 Å². The third kappa shape index (κ3) is 2.52. The maximum absolute atomic E-state index is 4.84. The quantitative estimate of drug-likeness (QED) is 0.504. The lowest BCUT2D eigenvalue weighted by atomic mass is 10.1. The summed E-state index contributed by atoms with van der Waals surface area (Å²) < 4.78 is 2.35. The molecule has 2 heterocycles. The highest BCUT2D eigenvalue weighted by molar-refractivity contribution is 6.02. The van der Waals surface area contributed by atoms with E-state index in [1.807, 2.05) is 19.1 Å². The van der Waals surface area contributed by atoms with E-state index in [1.165, 1.54) is 17.0 Å². The molecule has 0 N–H and O–H groups in total. The average Bonchev–Trinajstić information content (AvgIpc) is 2.94. The van der Waals surface area contributed by atoms with Gasteiger partial charge < -0.3 is 4.57 Å². The Bertz CT molecular complexity index is 1030. The number of hydrogen-bond acceptors (Lipinski definition) is 2. The van der Waals surface area contributed by atoms with E-state index in [0.717, 1.165) is 34.5 Å². The summed E-state index contributed by atoms with van der Waals surface area (Å²) in [6.45, 7) is 7.23. The Morgan fingerprint density at radius 2 is 1.40 bits per heavy atom. The standard InChI is InChI=1S/C22H21N3/c1-4-25-15(2)19-20(17-11-7-5-8-12-17)23-16(3)24-21(19)22(25)18-13-9-6-10-14-18/h5-14H,4H2,1-3H3. The fraction of sp³-hybridized carbons (Fsp3) is 0.182. The molecule has 0 amide bonds. The highest BCUT2D eigenvalue weighted by Gasteiger charge is 2.20. The van der Waals surface area contributed by atoms with Crippen molar-refractivity contribution in [2.24, 2.45) is 0 Å². The van der Waals surface area contributed by atoms with Crippen molar-refractivity contribution in [1.82, 2.24) is 14.5 Å². The van der Waals surface area contributed by atoms with Crippen molar-refractivity contribution in [3.8, 4) is 22.5 Å². The molecule has 0 aliphatic rings. The molecule has 2 aromatic heterocycles. The van der Waals surface area contributed by atoms with Crippen LogP contribution in [0.3, 0.4) is 0 Å². The van der Waals surface area contributed by atoms with Gasteiger partial charge in [0.1, 0.15) is 11.3 Å². The molecule has 124 valence electrons. The molecule has 3 heteroatoms. The molecule has 0 fully saturated rings. The summed E-state index contributed by atoms with van der Waals surface area (Å²) in [7, 11) is 0. The summed E-state index contributed by atoms with van der Waals surface area (Å²) in [5, 5.41) is 1.15. The SMILES string of the molecule is CCn1c(-c2ccccc2)c2nc(C)nc(-c3ccccc3)c2c1C. The number of rotatable bonds is 3. The van der Waals surface area contributed by atoms with Gasteiger partial charge in [0.15, 0.2) is 0 Å². The first-order valence-electron chi connectivity index (χ1n) is 8.69. The first-order chi connectivity index (χ1) is 12.2. The predicted octanol–water partition coefficient (Wildman–Crippen LogP) is 5.40. The van der Waals surface area contributed by atoms with Crippen LogP contribution in [0.15, 0.2) is 60.7 Å². The second-order valence-corrected chi connectivity index (χ2v) is 6.25. The third-order valence-corrected chi connectivity index (χ3v) is 4.69. The van der Waals surface area contributed by atoms with Gasteiger partial charge in [-0.05, 0) is 20.8 Å². The summed E-state index contributed by atoms with van der Waals surface area (Å²) in [5.41, 5.74) is 6.78. The van der Waals surface area contributed by atoms with Crippen molar-refractivity contribution < 1.29 is 0 Å². The van der Waals surface area contributed by atoms with Crippen molar-refractivity contribution >= 4 is 10.9 Å². The van der Waals surface area contributed by atoms with Crippen LogP contribution in [0.1, 0.15) is 18.4 Å². The number of nitrogens with zero attached hydrogens (tertiary/aromatic N) is 3. The first-order valence-corrected chi connectivity index (χ1v) is 8.69. The predicted molar refractivity (Wildman–Crippen MR) is 104 cm³/mol. The lowest BCUT2D eigenvalue weighted by Gasteiger charge is -2.08. The van der Waals surface area contributed by atoms with E-state index in [9.17, 15) is 0 Å². The lowest BCUT2D eigenvalue weighted by molar-refractivity contribution is 0.754. The Balaban J connectivity index is 2.13. The van der Waals surface area contributed by atoms with Gasteiger partial charge in [0.25, 0.3) is 0 Å². The molecule has 4 rings (SSSR count). The molecule has 2 aromatic carbocycles. The van der Waals surface area contributed by atoms with Gasteiger partial charge in [0, 0.05) is 28.8 Å². The van der Waals surface area contributed by atoms with E-state index in [4.69, 9.17) is 9.97 Å². The summed E-state index contributed by atoms with van der Waals surface area (Å²) in [5.74, 6) is 0.803. The first kappa shape index (κ1) is 15.6. The number of benzene rings is 2. The summed E-state index contributed by atoms with van der Waals surface area (Å²) in [6, 6.07) is 20.9. The molecule has 0 aliphatic heterocycles. The summed E-state index contributed by atoms with van der Waals surface area (Å²) in [4.78, 5) is 9.63. The highest BCUT2D eigenvalue weighted by Crippen LogP contribution is 2.37. The topological polar surface area (TPSA) is 30.7 Å². The van der Waals surface area contributed by atoms with Gasteiger partial charge in [-0.3, -0.25) is 0 Å². The van der Waals surface area contributed by atoms with Gasteiger partial charge >= 0.3 is 0 Å². The highest BCUT2D eigenvalue weighted by atomic mass is 15.0. The van der Waals surface area contributed by atoms with Gasteiger partial charge in [-0.2, -0.15) is 0 Å². The van der Waals surface area contributed by atoms with Crippen LogP contribution < -0.4 is 0 Å². The molecule has 0 bridgehead atoms. The molecule has 4 aromatic rings. The van der Waals surface area contributed by atoms with Crippen LogP contribution in [0.5, 0.6) is 0 Å². The molecule has 0 saturated carbocycles. The molecule has 3 nitrogen and oxygen atoms in total. The van der Waals surface area contributed by atoms with Gasteiger partial charge in [-0.25, -0.2) is 9.97 Å². The van der Waals surface area contributed by atoms with Crippen molar-refractivity contribution in [3.63, 3.8) is 0 Å². The van der Waals surface area contributed by atoms with Crippen molar-refractivity contribution in [2.45, 2.75) is 27.3 Å². The normalized spacial score (nSPS) is 11.2. The van der Waals surface area contributed by atoms with Crippen LogP contribution in [0.25, 0.3) is 33.4 Å². The molecule has 0 aliphatic carbocycles. The monoisotopic (exact) mass is 327 g/mol. The Morgan fingerprint density at radius 3 is 2.00 bits per heavy atom. The Kier molecular flexibility index (Phi) is 3.85. The van der Waals surface area contributed by atoms with Crippen LogP contribution in [-0.2, 0) is 6.54 Å². The minimum absolute atomic E-state index is 0.803. The van der Waals surface area contributed by atoms with E-state index in [-0.39, 0.29) is 0 Å². The second-order valence-electron chi connectivity index (χ2n) is 6.25. The number of aromatic nitrogens is 3. The largest absolute Gasteiger partial charge is 0.343 e. The van der Waals surface area contributed by atoms with Crippen LogP contribution in [0, 0.1) is 13.8 Å². The van der Waals surface area contributed by atoms with Gasteiger partial charge in [0.2, 0.25) is 0 Å². The summed E-state index contributed by atoms with van der Waals surface area (Å²) in [6.07, 6.45) is 0. The molecule has 0 unspecified atom stereocenters. The van der Waals surface area contributed by atoms with E-state index < -0.39 is 0 Å². The van der Waals surface area contributed by atoms with Crippen LogP contribution >= 0.6 is 0 Å². The van der Waals surface area contributed by atoms with Gasteiger partial charge in [0.05, 0.1) is 11.4 Å². The molecular formula is C22H21N3. The van der Waals surface area contributed by atoms with E-state index in [1.54, 1.807) is 0 Å². The fourth-order valence-electron chi connectivity index (χ4n) is 3.61. The minimum atomic E-state index is 0.803. The average molecular weight is 327 g/mol. The Labute approximate surface area is 148 Å². The molecule has 0 atom stereocenters. The zero-order valence-corrected chi connectivity index (χ0v) is 14.8. The lowest BCUT2D eigenvalue weighted by Crippen LogP contribution is -1.99. The van der Waals surface area contributed by atoms with E-state index >= 15 is 0 Å². The Hall–Kier alpha value is -2.94. The van der Waals surface area contributed by atoms with Crippen molar-refractivity contribution in [2.75, 3.05) is 0 Å². The number of hydrogen-bond donors (Lipinski definition) is 0. The second kappa shape index (κ2) is 6.17. The summed E-state index contributed by atoms with van der Waals surface area (Å²) >= 11 is 0. The van der Waals surface area contributed by atoms with Crippen LogP contribution in [-0.4, -0.2) is 14.5 Å². The van der Waals surface area contributed by atoms with Crippen LogP contribution in [0.2, 0.25) is 0 Å². The van der Waals surface area contributed by atoms with Gasteiger partial charge in [-0.1, -0.05) is 60.7 Å². The van der Waals surface area contributed by atoms with Gasteiger partial charge in [-0.15, -0.1) is 0 Å². The van der Waals surface area contributed by atoms with Crippen molar-refractivity contribution in [3.05, 3.63) is 72.2 Å². The molecule has 0 saturated heterocycles. The number of aryl methyl sites for hydroxylation is 2. The third-order valence-electron chi connectivity index (χ3n) is 4.69. The molecule has 25 heavy (non-hydrogen) atoms. The Morgan fingerprint density at radius 1 is 0.800 bits per heavy atom.